The minimum Gasteiger partial charge on any atom is -0.469 e. The van der Waals surface area contributed by atoms with Gasteiger partial charge in [-0.3, -0.25) is 14.9 Å². The highest BCUT2D eigenvalue weighted by atomic mass is 16.6. The van der Waals surface area contributed by atoms with Gasteiger partial charge in [-0.05, 0) is 24.1 Å². The molecule has 24 heavy (non-hydrogen) atoms. The topological polar surface area (TPSA) is 76.6 Å². The van der Waals surface area contributed by atoms with Crippen molar-refractivity contribution in [1.82, 2.24) is 4.90 Å². The molecule has 1 aliphatic rings. The number of nitro benzene ring substituents is 1. The van der Waals surface area contributed by atoms with Gasteiger partial charge in [0.15, 0.2) is 0 Å². The summed E-state index contributed by atoms with van der Waals surface area (Å²) in [6.07, 6.45) is 4.05. The molecule has 0 aliphatic heterocycles. The van der Waals surface area contributed by atoms with Gasteiger partial charge in [0.25, 0.3) is 5.69 Å². The number of hydrogen-bond acceptors (Lipinski definition) is 4. The van der Waals surface area contributed by atoms with Crippen LogP contribution in [0.3, 0.4) is 0 Å². The standard InChI is InChI=1S/C18H18N2O4/c1-2-8-19(12-13-5-3-6-14(10-13)20(22)23)18(21)16-11-15(16)17-7-4-9-24-17/h2-7,9-10,15-16H,1,8,11-12H2. The zero-order valence-electron chi connectivity index (χ0n) is 13.1. The first-order valence-corrected chi connectivity index (χ1v) is 7.76. The van der Waals surface area contributed by atoms with Crippen molar-refractivity contribution in [3.63, 3.8) is 0 Å². The molecule has 6 nitrogen and oxygen atoms in total. The van der Waals surface area contributed by atoms with Crippen LogP contribution < -0.4 is 0 Å². The van der Waals surface area contributed by atoms with Crippen molar-refractivity contribution >= 4 is 11.6 Å². The zero-order valence-corrected chi connectivity index (χ0v) is 13.1. The van der Waals surface area contributed by atoms with Crippen molar-refractivity contribution < 1.29 is 14.1 Å². The molecule has 3 rings (SSSR count). The fraction of sp³-hybridized carbons (Fsp3) is 0.278. The summed E-state index contributed by atoms with van der Waals surface area (Å²) in [5.74, 6) is 0.907. The van der Waals surface area contributed by atoms with Crippen LogP contribution in [0.15, 0.2) is 59.7 Å². The molecule has 2 atom stereocenters. The van der Waals surface area contributed by atoms with E-state index in [4.69, 9.17) is 4.42 Å². The molecule has 0 bridgehead atoms. The highest BCUT2D eigenvalue weighted by Gasteiger charge is 2.47. The highest BCUT2D eigenvalue weighted by Crippen LogP contribution is 2.48. The Labute approximate surface area is 139 Å². The summed E-state index contributed by atoms with van der Waals surface area (Å²) in [7, 11) is 0. The van der Waals surface area contributed by atoms with Crippen LogP contribution >= 0.6 is 0 Å². The molecule has 2 unspecified atom stereocenters. The second-order valence-electron chi connectivity index (χ2n) is 5.90. The Morgan fingerprint density at radius 1 is 1.42 bits per heavy atom. The van der Waals surface area contributed by atoms with Crippen molar-refractivity contribution in [2.24, 2.45) is 5.92 Å². The SMILES string of the molecule is C=CCN(Cc1cccc([N+](=O)[O-])c1)C(=O)C1CC1c1ccco1. The van der Waals surface area contributed by atoms with E-state index >= 15 is 0 Å². The molecule has 1 aromatic carbocycles. The second-order valence-corrected chi connectivity index (χ2v) is 5.90. The number of amides is 1. The van der Waals surface area contributed by atoms with E-state index in [2.05, 4.69) is 6.58 Å². The Morgan fingerprint density at radius 2 is 2.25 bits per heavy atom. The van der Waals surface area contributed by atoms with E-state index in [0.717, 1.165) is 17.7 Å². The first-order chi connectivity index (χ1) is 11.6. The predicted molar refractivity (Wildman–Crippen MR) is 88.3 cm³/mol. The van der Waals surface area contributed by atoms with Crippen LogP contribution in [-0.4, -0.2) is 22.3 Å². The maximum Gasteiger partial charge on any atom is 0.269 e. The zero-order chi connectivity index (χ0) is 17.1. The molecular formula is C18H18N2O4. The van der Waals surface area contributed by atoms with Gasteiger partial charge in [0.05, 0.1) is 11.2 Å². The highest BCUT2D eigenvalue weighted by molar-refractivity contribution is 5.83. The molecule has 0 radical (unpaired) electrons. The molecule has 1 saturated carbocycles. The number of furan rings is 1. The number of nitro groups is 1. The largest absolute Gasteiger partial charge is 0.469 e. The van der Waals surface area contributed by atoms with E-state index in [1.807, 2.05) is 12.1 Å². The summed E-state index contributed by atoms with van der Waals surface area (Å²) in [4.78, 5) is 24.9. The van der Waals surface area contributed by atoms with Gasteiger partial charge in [0.1, 0.15) is 5.76 Å². The molecule has 1 aliphatic carbocycles. The van der Waals surface area contributed by atoms with Gasteiger partial charge in [-0.1, -0.05) is 18.2 Å². The van der Waals surface area contributed by atoms with Gasteiger partial charge < -0.3 is 9.32 Å². The van der Waals surface area contributed by atoms with Crippen LogP contribution in [0.4, 0.5) is 5.69 Å². The van der Waals surface area contributed by atoms with Crippen molar-refractivity contribution in [2.45, 2.75) is 18.9 Å². The summed E-state index contributed by atoms with van der Waals surface area (Å²) < 4.78 is 5.37. The van der Waals surface area contributed by atoms with Gasteiger partial charge in [-0.25, -0.2) is 0 Å². The molecule has 1 amide bonds. The van der Waals surface area contributed by atoms with Crippen molar-refractivity contribution in [2.75, 3.05) is 6.54 Å². The van der Waals surface area contributed by atoms with Crippen LogP contribution in [0, 0.1) is 16.0 Å². The van der Waals surface area contributed by atoms with Crippen LogP contribution in [0.25, 0.3) is 0 Å². The Balaban J connectivity index is 1.71. The van der Waals surface area contributed by atoms with Gasteiger partial charge in [-0.2, -0.15) is 0 Å². The quantitative estimate of drug-likeness (QED) is 0.443. The molecule has 1 fully saturated rings. The molecule has 124 valence electrons. The van der Waals surface area contributed by atoms with Crippen molar-refractivity contribution in [3.8, 4) is 0 Å². The Bertz CT molecular complexity index is 754. The van der Waals surface area contributed by atoms with E-state index in [1.54, 1.807) is 29.4 Å². The summed E-state index contributed by atoms with van der Waals surface area (Å²) in [6, 6.07) is 10.1. The van der Waals surface area contributed by atoms with Crippen molar-refractivity contribution in [1.29, 1.82) is 0 Å². The lowest BCUT2D eigenvalue weighted by molar-refractivity contribution is -0.384. The van der Waals surface area contributed by atoms with Crippen LogP contribution in [0.5, 0.6) is 0 Å². The summed E-state index contributed by atoms with van der Waals surface area (Å²) in [5.41, 5.74) is 0.757. The van der Waals surface area contributed by atoms with E-state index in [9.17, 15) is 14.9 Å². The monoisotopic (exact) mass is 326 g/mol. The summed E-state index contributed by atoms with van der Waals surface area (Å²) in [6.45, 7) is 4.43. The fourth-order valence-electron chi connectivity index (χ4n) is 2.90. The predicted octanol–water partition coefficient (Wildman–Crippen LogP) is 3.51. The summed E-state index contributed by atoms with van der Waals surface area (Å²) in [5, 5.41) is 10.9. The maximum atomic E-state index is 12.7. The number of nitrogens with zero attached hydrogens (tertiary/aromatic N) is 2. The van der Waals surface area contributed by atoms with E-state index in [0.29, 0.717) is 13.1 Å². The minimum absolute atomic E-state index is 0.0263. The molecule has 1 heterocycles. The van der Waals surface area contributed by atoms with Gasteiger partial charge >= 0.3 is 0 Å². The third-order valence-electron chi connectivity index (χ3n) is 4.17. The molecule has 6 heteroatoms. The Morgan fingerprint density at radius 3 is 2.92 bits per heavy atom. The normalized spacial score (nSPS) is 18.8. The first-order valence-electron chi connectivity index (χ1n) is 7.76. The summed E-state index contributed by atoms with van der Waals surface area (Å²) >= 11 is 0. The van der Waals surface area contributed by atoms with Crippen LogP contribution in [0.2, 0.25) is 0 Å². The van der Waals surface area contributed by atoms with Gasteiger partial charge in [0, 0.05) is 37.1 Å². The fourth-order valence-corrected chi connectivity index (χ4v) is 2.90. The molecule has 1 aromatic heterocycles. The van der Waals surface area contributed by atoms with Crippen LogP contribution in [0.1, 0.15) is 23.7 Å². The van der Waals surface area contributed by atoms with Crippen LogP contribution in [-0.2, 0) is 11.3 Å². The smallest absolute Gasteiger partial charge is 0.269 e. The number of carbonyl (C=O) groups excluding carboxylic acids is 1. The minimum atomic E-state index is -0.434. The average molecular weight is 326 g/mol. The lowest BCUT2D eigenvalue weighted by atomic mass is 10.1. The van der Waals surface area contributed by atoms with Gasteiger partial charge in [0.2, 0.25) is 5.91 Å². The lowest BCUT2D eigenvalue weighted by Crippen LogP contribution is -2.32. The number of carbonyl (C=O) groups is 1. The van der Waals surface area contributed by atoms with E-state index < -0.39 is 4.92 Å². The molecule has 0 N–H and O–H groups in total. The first kappa shape index (κ1) is 16.0. The lowest BCUT2D eigenvalue weighted by Gasteiger charge is -2.21. The van der Waals surface area contributed by atoms with E-state index in [-0.39, 0.29) is 23.4 Å². The molecular weight excluding hydrogens is 308 g/mol. The Hall–Kier alpha value is -2.89. The molecule has 2 aromatic rings. The Kier molecular flexibility index (Phi) is 4.46. The third kappa shape index (κ3) is 3.37. The number of hydrogen-bond donors (Lipinski definition) is 0. The maximum absolute atomic E-state index is 12.7. The van der Waals surface area contributed by atoms with Gasteiger partial charge in [-0.15, -0.1) is 6.58 Å². The van der Waals surface area contributed by atoms with E-state index in [1.165, 1.54) is 12.1 Å². The second kappa shape index (κ2) is 6.70. The average Bonchev–Trinajstić information content (AvgIpc) is 3.19. The molecule has 0 spiro atoms. The number of non-ortho nitro benzene ring substituents is 1. The number of rotatable bonds is 7. The third-order valence-corrected chi connectivity index (χ3v) is 4.17. The number of benzene rings is 1. The van der Waals surface area contributed by atoms with Crippen molar-refractivity contribution in [3.05, 3.63) is 76.8 Å². The molecule has 0 saturated heterocycles.